The van der Waals surface area contributed by atoms with Crippen LogP contribution < -0.4 is 15.0 Å². The van der Waals surface area contributed by atoms with Crippen molar-refractivity contribution < 1.29 is 9.47 Å². The van der Waals surface area contributed by atoms with Crippen LogP contribution in [0.2, 0.25) is 0 Å². The molecule has 0 aliphatic carbocycles. The molecule has 1 aromatic carbocycles. The molecule has 0 bridgehead atoms. The van der Waals surface area contributed by atoms with Crippen molar-refractivity contribution in [1.29, 1.82) is 0 Å². The number of anilines is 1. The van der Waals surface area contributed by atoms with E-state index in [1.807, 2.05) is 18.2 Å². The summed E-state index contributed by atoms with van der Waals surface area (Å²) in [5.74, 6) is 0.699. The van der Waals surface area contributed by atoms with Crippen molar-refractivity contribution in [3.63, 3.8) is 0 Å². The van der Waals surface area contributed by atoms with Gasteiger partial charge in [-0.25, -0.2) is 4.98 Å². The fraction of sp³-hybridized carbons (Fsp3) is 0.476. The largest absolute Gasteiger partial charge is 0.472 e. The van der Waals surface area contributed by atoms with Gasteiger partial charge in [0.1, 0.15) is 6.10 Å². The zero-order valence-electron chi connectivity index (χ0n) is 15.1. The molecular weight excluding hydrogens is 326 g/mol. The summed E-state index contributed by atoms with van der Waals surface area (Å²) < 4.78 is 11.8. The summed E-state index contributed by atoms with van der Waals surface area (Å²) in [5.41, 5.74) is 1.32. The van der Waals surface area contributed by atoms with Gasteiger partial charge in [-0.15, -0.1) is 0 Å². The fourth-order valence-electron chi connectivity index (χ4n) is 3.83. The van der Waals surface area contributed by atoms with E-state index in [0.29, 0.717) is 18.5 Å². The van der Waals surface area contributed by atoms with Crippen LogP contribution in [0.4, 0.5) is 5.69 Å². The molecule has 2 saturated heterocycles. The summed E-state index contributed by atoms with van der Waals surface area (Å²) in [7, 11) is 0. The summed E-state index contributed by atoms with van der Waals surface area (Å²) in [6, 6.07) is 17.2. The maximum absolute atomic E-state index is 6.14. The number of benzene rings is 1. The summed E-state index contributed by atoms with van der Waals surface area (Å²) in [6.45, 7) is 3.63. The third-order valence-electron chi connectivity index (χ3n) is 5.27. The zero-order valence-corrected chi connectivity index (χ0v) is 15.1. The van der Waals surface area contributed by atoms with Gasteiger partial charge in [0.05, 0.1) is 19.3 Å². The SMILES string of the molecule is c1ccc(N2CCC(N[C@@H]3COCC[C@H]3Oc3ccccn3)CC2)cc1. The van der Waals surface area contributed by atoms with Gasteiger partial charge in [0.15, 0.2) is 0 Å². The monoisotopic (exact) mass is 353 g/mol. The number of aromatic nitrogens is 1. The average Bonchev–Trinajstić information content (AvgIpc) is 2.72. The predicted octanol–water partition coefficient (Wildman–Crippen LogP) is 2.88. The second kappa shape index (κ2) is 8.52. The Bertz CT molecular complexity index is 659. The third kappa shape index (κ3) is 4.34. The number of para-hydroxylation sites is 1. The van der Waals surface area contributed by atoms with Crippen molar-refractivity contribution in [3.05, 3.63) is 54.7 Å². The van der Waals surface area contributed by atoms with E-state index < -0.39 is 0 Å². The predicted molar refractivity (Wildman–Crippen MR) is 103 cm³/mol. The number of pyridine rings is 1. The van der Waals surface area contributed by atoms with Gasteiger partial charge in [-0.3, -0.25) is 0 Å². The Hall–Kier alpha value is -2.11. The van der Waals surface area contributed by atoms with Crippen molar-refractivity contribution in [1.82, 2.24) is 10.3 Å². The lowest BCUT2D eigenvalue weighted by atomic mass is 10.00. The summed E-state index contributed by atoms with van der Waals surface area (Å²) in [5, 5.41) is 3.80. The van der Waals surface area contributed by atoms with Gasteiger partial charge in [-0.2, -0.15) is 0 Å². The van der Waals surface area contributed by atoms with Gasteiger partial charge < -0.3 is 19.7 Å². The van der Waals surface area contributed by atoms with Crippen molar-refractivity contribution >= 4 is 5.69 Å². The molecule has 26 heavy (non-hydrogen) atoms. The van der Waals surface area contributed by atoms with E-state index in [1.165, 1.54) is 5.69 Å². The molecule has 0 radical (unpaired) electrons. The lowest BCUT2D eigenvalue weighted by molar-refractivity contribution is -0.0101. The van der Waals surface area contributed by atoms with E-state index >= 15 is 0 Å². The minimum absolute atomic E-state index is 0.116. The number of hydrogen-bond donors (Lipinski definition) is 1. The van der Waals surface area contributed by atoms with Gasteiger partial charge in [0.2, 0.25) is 5.88 Å². The van der Waals surface area contributed by atoms with E-state index in [1.54, 1.807) is 6.20 Å². The first-order valence-electron chi connectivity index (χ1n) is 9.60. The number of piperidine rings is 1. The highest BCUT2D eigenvalue weighted by Gasteiger charge is 2.31. The van der Waals surface area contributed by atoms with Gasteiger partial charge in [-0.05, 0) is 31.0 Å². The smallest absolute Gasteiger partial charge is 0.213 e. The van der Waals surface area contributed by atoms with Crippen molar-refractivity contribution in [2.24, 2.45) is 0 Å². The molecule has 2 aliphatic heterocycles. The molecule has 2 fully saturated rings. The van der Waals surface area contributed by atoms with Crippen LogP contribution in [0.25, 0.3) is 0 Å². The molecule has 2 aromatic rings. The standard InChI is InChI=1S/C21H27N3O2/c1-2-6-18(7-3-1)24-13-9-17(10-14-24)23-19-16-25-15-11-20(19)26-21-8-4-5-12-22-21/h1-8,12,17,19-20,23H,9-11,13-16H2/t19-,20-/m1/s1. The summed E-state index contributed by atoms with van der Waals surface area (Å²) >= 11 is 0. The van der Waals surface area contributed by atoms with E-state index in [2.05, 4.69) is 45.5 Å². The number of hydrogen-bond acceptors (Lipinski definition) is 5. The van der Waals surface area contributed by atoms with Gasteiger partial charge >= 0.3 is 0 Å². The number of rotatable bonds is 5. The molecule has 0 unspecified atom stereocenters. The normalized spacial score (nSPS) is 24.4. The second-order valence-electron chi connectivity index (χ2n) is 7.06. The highest BCUT2D eigenvalue weighted by atomic mass is 16.5. The molecule has 5 heteroatoms. The number of nitrogens with one attached hydrogen (secondary N) is 1. The Balaban J connectivity index is 1.31. The Labute approximate surface area is 155 Å². The zero-order chi connectivity index (χ0) is 17.6. The van der Waals surface area contributed by atoms with Crippen LogP contribution in [0.3, 0.4) is 0 Å². The Kier molecular flexibility index (Phi) is 5.67. The Morgan fingerprint density at radius 2 is 1.81 bits per heavy atom. The Morgan fingerprint density at radius 3 is 2.58 bits per heavy atom. The van der Waals surface area contributed by atoms with Crippen molar-refractivity contribution in [2.45, 2.75) is 37.5 Å². The van der Waals surface area contributed by atoms with Crippen LogP contribution in [-0.2, 0) is 4.74 Å². The highest BCUT2D eigenvalue weighted by molar-refractivity contribution is 5.46. The summed E-state index contributed by atoms with van der Waals surface area (Å²) in [6.07, 6.45) is 5.07. The van der Waals surface area contributed by atoms with E-state index in [4.69, 9.17) is 9.47 Å². The van der Waals surface area contributed by atoms with Crippen LogP contribution in [0.5, 0.6) is 5.88 Å². The molecule has 0 spiro atoms. The molecular formula is C21H27N3O2. The lowest BCUT2D eigenvalue weighted by Gasteiger charge is -2.39. The molecule has 5 nitrogen and oxygen atoms in total. The highest BCUT2D eigenvalue weighted by Crippen LogP contribution is 2.22. The molecule has 1 N–H and O–H groups in total. The van der Waals surface area contributed by atoms with Crippen molar-refractivity contribution in [2.75, 3.05) is 31.2 Å². The second-order valence-corrected chi connectivity index (χ2v) is 7.06. The van der Waals surface area contributed by atoms with Crippen LogP contribution in [0, 0.1) is 0 Å². The van der Waals surface area contributed by atoms with Gasteiger partial charge in [0, 0.05) is 43.5 Å². The first-order valence-corrected chi connectivity index (χ1v) is 9.60. The molecule has 2 atom stereocenters. The molecule has 138 valence electrons. The van der Waals surface area contributed by atoms with E-state index in [0.717, 1.165) is 39.0 Å². The summed E-state index contributed by atoms with van der Waals surface area (Å²) in [4.78, 5) is 6.77. The minimum Gasteiger partial charge on any atom is -0.472 e. The lowest BCUT2D eigenvalue weighted by Crippen LogP contribution is -2.55. The molecule has 0 amide bonds. The van der Waals surface area contributed by atoms with Crippen LogP contribution in [0.15, 0.2) is 54.7 Å². The fourth-order valence-corrected chi connectivity index (χ4v) is 3.83. The maximum atomic E-state index is 6.14. The van der Waals surface area contributed by atoms with Crippen molar-refractivity contribution in [3.8, 4) is 5.88 Å². The third-order valence-corrected chi connectivity index (χ3v) is 5.27. The van der Waals surface area contributed by atoms with Gasteiger partial charge in [0.25, 0.3) is 0 Å². The topological polar surface area (TPSA) is 46.6 Å². The average molecular weight is 353 g/mol. The first kappa shape index (κ1) is 17.3. The molecule has 0 saturated carbocycles. The van der Waals surface area contributed by atoms with Crippen LogP contribution in [0.1, 0.15) is 19.3 Å². The van der Waals surface area contributed by atoms with Gasteiger partial charge in [-0.1, -0.05) is 24.3 Å². The number of ether oxygens (including phenoxy) is 2. The molecule has 2 aliphatic rings. The molecule has 3 heterocycles. The molecule has 4 rings (SSSR count). The van der Waals surface area contributed by atoms with E-state index in [9.17, 15) is 0 Å². The molecule has 1 aromatic heterocycles. The van der Waals surface area contributed by atoms with Crippen LogP contribution >= 0.6 is 0 Å². The van der Waals surface area contributed by atoms with Crippen LogP contribution in [-0.4, -0.2) is 49.5 Å². The number of nitrogens with zero attached hydrogens (tertiary/aromatic N) is 2. The minimum atomic E-state index is 0.116. The maximum Gasteiger partial charge on any atom is 0.213 e. The first-order chi connectivity index (χ1) is 12.9. The Morgan fingerprint density at radius 1 is 1.00 bits per heavy atom. The van der Waals surface area contributed by atoms with E-state index in [-0.39, 0.29) is 12.1 Å². The quantitative estimate of drug-likeness (QED) is 0.896.